The van der Waals surface area contributed by atoms with E-state index < -0.39 is 10.0 Å². The fourth-order valence-corrected chi connectivity index (χ4v) is 2.25. The van der Waals surface area contributed by atoms with E-state index >= 15 is 0 Å². The molecule has 0 saturated heterocycles. The first-order chi connectivity index (χ1) is 8.47. The molecule has 0 fully saturated rings. The van der Waals surface area contributed by atoms with Crippen molar-refractivity contribution >= 4 is 15.8 Å². The Hall–Kier alpha value is -2.00. The predicted octanol–water partition coefficient (Wildman–Crippen LogP) is -0.166. The molecule has 0 aliphatic heterocycles. The zero-order valence-electron chi connectivity index (χ0n) is 9.49. The molecule has 0 aromatic carbocycles. The summed E-state index contributed by atoms with van der Waals surface area (Å²) >= 11 is 0. The molecule has 0 atom stereocenters. The van der Waals surface area contributed by atoms with E-state index in [-0.39, 0.29) is 23.1 Å². The number of nitrogens with two attached hydrogens (primary N) is 1. The maximum Gasteiger partial charge on any atom is 0.241 e. The number of sulfonamides is 1. The normalized spacial score (nSPS) is 11.6. The average Bonchev–Trinajstić information content (AvgIpc) is 2.73. The fourth-order valence-electron chi connectivity index (χ4n) is 1.25. The summed E-state index contributed by atoms with van der Waals surface area (Å²) in [7, 11) is -3.66. The van der Waals surface area contributed by atoms with Gasteiger partial charge in [0.2, 0.25) is 15.9 Å². The van der Waals surface area contributed by atoms with Gasteiger partial charge in [0.15, 0.2) is 5.82 Å². The van der Waals surface area contributed by atoms with Gasteiger partial charge in [-0.25, -0.2) is 18.1 Å². The van der Waals surface area contributed by atoms with Gasteiger partial charge in [0.1, 0.15) is 5.82 Å². The summed E-state index contributed by atoms with van der Waals surface area (Å²) in [6.07, 6.45) is 1.32. The highest BCUT2D eigenvalue weighted by atomic mass is 32.2. The van der Waals surface area contributed by atoms with Crippen molar-refractivity contribution in [3.8, 4) is 0 Å². The Balaban J connectivity index is 2.13. The van der Waals surface area contributed by atoms with Gasteiger partial charge in [-0.1, -0.05) is 5.16 Å². The largest absolute Gasteiger partial charge is 0.384 e. The molecule has 2 heterocycles. The highest BCUT2D eigenvalue weighted by Crippen LogP contribution is 2.10. The minimum atomic E-state index is -3.66. The third-order valence-corrected chi connectivity index (χ3v) is 3.45. The summed E-state index contributed by atoms with van der Waals surface area (Å²) in [5.74, 6) is 0.767. The van der Waals surface area contributed by atoms with Crippen LogP contribution in [0.3, 0.4) is 0 Å². The molecule has 0 aliphatic rings. The number of nitrogens with one attached hydrogen (secondary N) is 1. The average molecular weight is 269 g/mol. The molecule has 3 N–H and O–H groups in total. The molecule has 18 heavy (non-hydrogen) atoms. The van der Waals surface area contributed by atoms with Crippen LogP contribution in [0.15, 0.2) is 27.7 Å². The summed E-state index contributed by atoms with van der Waals surface area (Å²) in [5.41, 5.74) is 5.42. The zero-order chi connectivity index (χ0) is 13.2. The van der Waals surface area contributed by atoms with Crippen molar-refractivity contribution in [2.75, 3.05) is 5.73 Å². The number of nitrogen functional groups attached to an aromatic ring is 1. The first-order valence-electron chi connectivity index (χ1n) is 4.98. The van der Waals surface area contributed by atoms with Crippen molar-refractivity contribution < 1.29 is 12.9 Å². The quantitative estimate of drug-likeness (QED) is 0.789. The lowest BCUT2D eigenvalue weighted by atomic mass is 10.5. The second-order valence-electron chi connectivity index (χ2n) is 3.47. The maximum absolute atomic E-state index is 11.9. The molecule has 2 rings (SSSR count). The molecule has 9 heteroatoms. The number of aromatic nitrogens is 3. The minimum absolute atomic E-state index is 0.0372. The molecule has 2 aromatic heterocycles. The summed E-state index contributed by atoms with van der Waals surface area (Å²) < 4.78 is 30.8. The van der Waals surface area contributed by atoms with Gasteiger partial charge in [0.25, 0.3) is 0 Å². The van der Waals surface area contributed by atoms with Crippen molar-refractivity contribution in [1.29, 1.82) is 0 Å². The summed E-state index contributed by atoms with van der Waals surface area (Å²) in [6.45, 7) is 1.57. The van der Waals surface area contributed by atoms with Crippen LogP contribution in [-0.2, 0) is 16.6 Å². The van der Waals surface area contributed by atoms with Crippen LogP contribution in [0.4, 0.5) is 5.82 Å². The molecule has 0 amide bonds. The molecule has 96 valence electrons. The van der Waals surface area contributed by atoms with E-state index in [1.807, 2.05) is 0 Å². The molecule has 0 unspecified atom stereocenters. The second-order valence-corrected chi connectivity index (χ2v) is 5.24. The Morgan fingerprint density at radius 1 is 1.50 bits per heavy atom. The van der Waals surface area contributed by atoms with E-state index in [0.717, 1.165) is 0 Å². The van der Waals surface area contributed by atoms with Crippen LogP contribution in [0.2, 0.25) is 0 Å². The number of anilines is 1. The van der Waals surface area contributed by atoms with Crippen LogP contribution in [-0.4, -0.2) is 23.5 Å². The second kappa shape index (κ2) is 4.70. The minimum Gasteiger partial charge on any atom is -0.384 e. The smallest absolute Gasteiger partial charge is 0.241 e. The number of nitrogens with zero attached hydrogens (tertiary/aromatic N) is 3. The zero-order valence-corrected chi connectivity index (χ0v) is 10.3. The van der Waals surface area contributed by atoms with Gasteiger partial charge in [-0.3, -0.25) is 0 Å². The molecule has 8 nitrogen and oxygen atoms in total. The Morgan fingerprint density at radius 3 is 2.89 bits per heavy atom. The van der Waals surface area contributed by atoms with Crippen LogP contribution < -0.4 is 10.5 Å². The van der Waals surface area contributed by atoms with Crippen LogP contribution in [0.5, 0.6) is 0 Å². The van der Waals surface area contributed by atoms with E-state index in [2.05, 4.69) is 19.8 Å². The molecule has 2 aromatic rings. The van der Waals surface area contributed by atoms with Gasteiger partial charge in [-0.15, -0.1) is 0 Å². The summed E-state index contributed by atoms with van der Waals surface area (Å²) in [4.78, 5) is 7.64. The maximum atomic E-state index is 11.9. The molecule has 0 bridgehead atoms. The SMILES string of the molecule is Cc1nc(CNS(=O)(=O)c2ccnc(N)c2)no1. The molecular formula is C9H11N5O3S. The number of hydrogen-bond acceptors (Lipinski definition) is 7. The van der Waals surface area contributed by atoms with E-state index in [9.17, 15) is 8.42 Å². The van der Waals surface area contributed by atoms with E-state index in [0.29, 0.717) is 5.89 Å². The number of hydrogen-bond donors (Lipinski definition) is 2. The van der Waals surface area contributed by atoms with Crippen molar-refractivity contribution in [3.05, 3.63) is 30.0 Å². The highest BCUT2D eigenvalue weighted by Gasteiger charge is 2.15. The third kappa shape index (κ3) is 2.81. The van der Waals surface area contributed by atoms with Gasteiger partial charge in [0, 0.05) is 19.2 Å². The number of aryl methyl sites for hydroxylation is 1. The van der Waals surface area contributed by atoms with E-state index in [1.165, 1.54) is 18.3 Å². The number of pyridine rings is 1. The molecular weight excluding hydrogens is 258 g/mol. The van der Waals surface area contributed by atoms with Gasteiger partial charge >= 0.3 is 0 Å². The molecule has 0 radical (unpaired) electrons. The van der Waals surface area contributed by atoms with Gasteiger partial charge < -0.3 is 10.3 Å². The predicted molar refractivity (Wildman–Crippen MR) is 61.7 cm³/mol. The van der Waals surface area contributed by atoms with Crippen molar-refractivity contribution in [2.24, 2.45) is 0 Å². The lowest BCUT2D eigenvalue weighted by molar-refractivity contribution is 0.387. The van der Waals surface area contributed by atoms with Crippen LogP contribution in [0, 0.1) is 6.92 Å². The topological polar surface area (TPSA) is 124 Å². The third-order valence-electron chi connectivity index (χ3n) is 2.05. The van der Waals surface area contributed by atoms with Gasteiger partial charge in [-0.2, -0.15) is 4.98 Å². The Labute approximate surface area is 103 Å². The molecule has 0 aliphatic carbocycles. The standard InChI is InChI=1S/C9H11N5O3S/c1-6-13-9(14-17-6)5-12-18(15,16)7-2-3-11-8(10)4-7/h2-4,12H,5H2,1H3,(H2,10,11). The highest BCUT2D eigenvalue weighted by molar-refractivity contribution is 7.89. The summed E-state index contributed by atoms with van der Waals surface area (Å²) in [6, 6.07) is 2.62. The summed E-state index contributed by atoms with van der Waals surface area (Å²) in [5, 5.41) is 3.58. The Kier molecular flexibility index (Phi) is 3.26. The van der Waals surface area contributed by atoms with Crippen molar-refractivity contribution in [1.82, 2.24) is 19.8 Å². The van der Waals surface area contributed by atoms with Crippen LogP contribution >= 0.6 is 0 Å². The van der Waals surface area contributed by atoms with Crippen LogP contribution in [0.25, 0.3) is 0 Å². The molecule has 0 spiro atoms. The van der Waals surface area contributed by atoms with Crippen molar-refractivity contribution in [2.45, 2.75) is 18.4 Å². The van der Waals surface area contributed by atoms with Crippen molar-refractivity contribution in [3.63, 3.8) is 0 Å². The van der Waals surface area contributed by atoms with E-state index in [1.54, 1.807) is 6.92 Å². The number of rotatable bonds is 4. The van der Waals surface area contributed by atoms with Crippen LogP contribution in [0.1, 0.15) is 11.7 Å². The fraction of sp³-hybridized carbons (Fsp3) is 0.222. The Morgan fingerprint density at radius 2 is 2.28 bits per heavy atom. The molecule has 0 saturated carbocycles. The van der Waals surface area contributed by atoms with E-state index in [4.69, 9.17) is 10.3 Å². The lowest BCUT2D eigenvalue weighted by Gasteiger charge is -2.04. The van der Waals surface area contributed by atoms with Gasteiger partial charge in [-0.05, 0) is 6.07 Å². The first kappa shape index (κ1) is 12.5. The monoisotopic (exact) mass is 269 g/mol. The Bertz CT molecular complexity index is 652. The van der Waals surface area contributed by atoms with Gasteiger partial charge in [0.05, 0.1) is 11.4 Å². The lowest BCUT2D eigenvalue weighted by Crippen LogP contribution is -2.24. The first-order valence-corrected chi connectivity index (χ1v) is 6.46.